The Labute approximate surface area is 113 Å². The molecule has 0 aromatic carbocycles. The molecule has 0 saturated carbocycles. The number of aromatic nitrogens is 2. The third kappa shape index (κ3) is 3.27. The number of hydrogen-bond donors (Lipinski definition) is 1. The summed E-state index contributed by atoms with van der Waals surface area (Å²) in [5, 5.41) is 8.91. The van der Waals surface area contributed by atoms with Gasteiger partial charge in [0, 0.05) is 38.9 Å². The van der Waals surface area contributed by atoms with E-state index in [0.717, 1.165) is 38.4 Å². The van der Waals surface area contributed by atoms with Crippen LogP contribution < -0.4 is 4.90 Å². The minimum atomic E-state index is -0.00295. The molecular weight excluding hydrogens is 244 g/mol. The first kappa shape index (κ1) is 13.9. The van der Waals surface area contributed by atoms with Crippen LogP contribution in [-0.4, -0.2) is 65.1 Å². The molecule has 1 aromatic heterocycles. The summed E-state index contributed by atoms with van der Waals surface area (Å²) in [6.07, 6.45) is 1.61. The summed E-state index contributed by atoms with van der Waals surface area (Å²) in [5.74, 6) is 0.683. The summed E-state index contributed by atoms with van der Waals surface area (Å²) >= 11 is 0. The first-order chi connectivity index (χ1) is 9.11. The zero-order valence-electron chi connectivity index (χ0n) is 11.5. The Kier molecular flexibility index (Phi) is 4.44. The van der Waals surface area contributed by atoms with Crippen molar-refractivity contribution in [2.24, 2.45) is 0 Å². The average molecular weight is 264 g/mol. The van der Waals surface area contributed by atoms with Crippen LogP contribution in [0.2, 0.25) is 0 Å². The Morgan fingerprint density at radius 1 is 1.37 bits per heavy atom. The van der Waals surface area contributed by atoms with Crippen LogP contribution in [0.15, 0.2) is 6.20 Å². The Morgan fingerprint density at radius 2 is 2.05 bits per heavy atom. The molecular formula is C13H20N4O2. The molecule has 0 spiro atoms. The maximum Gasteiger partial charge on any atom is 0.225 e. The zero-order chi connectivity index (χ0) is 13.8. The molecule has 6 heteroatoms. The third-order valence-electron chi connectivity index (χ3n) is 3.42. The number of β-amino-alcohol motifs (C(OH)–C–C–N with tert-alkyl or cyclic N) is 1. The van der Waals surface area contributed by atoms with Crippen molar-refractivity contribution >= 4 is 11.7 Å². The molecule has 19 heavy (non-hydrogen) atoms. The number of aryl methyl sites for hydroxylation is 1. The molecule has 0 unspecified atom stereocenters. The summed E-state index contributed by atoms with van der Waals surface area (Å²) in [5.41, 5.74) is 1.32. The van der Waals surface area contributed by atoms with E-state index >= 15 is 0 Å². The quantitative estimate of drug-likeness (QED) is 0.778. The lowest BCUT2D eigenvalue weighted by molar-refractivity contribution is 0.101. The number of anilines is 1. The lowest BCUT2D eigenvalue weighted by atomic mass is 10.2. The zero-order valence-corrected chi connectivity index (χ0v) is 11.5. The molecule has 104 valence electrons. The molecule has 1 fully saturated rings. The van der Waals surface area contributed by atoms with Crippen molar-refractivity contribution in [3.63, 3.8) is 0 Å². The van der Waals surface area contributed by atoms with Crippen LogP contribution in [0.25, 0.3) is 0 Å². The molecule has 0 amide bonds. The van der Waals surface area contributed by atoms with Gasteiger partial charge in [0.1, 0.15) is 0 Å². The van der Waals surface area contributed by atoms with E-state index in [1.165, 1.54) is 6.92 Å². The fraction of sp³-hybridized carbons (Fsp3) is 0.615. The Balaban J connectivity index is 2.04. The fourth-order valence-electron chi connectivity index (χ4n) is 2.27. The number of carbonyl (C=O) groups excluding carboxylic acids is 1. The van der Waals surface area contributed by atoms with Crippen molar-refractivity contribution in [3.8, 4) is 0 Å². The first-order valence-electron chi connectivity index (χ1n) is 6.54. The van der Waals surface area contributed by atoms with Gasteiger partial charge in [-0.15, -0.1) is 0 Å². The summed E-state index contributed by atoms with van der Waals surface area (Å²) in [7, 11) is 0. The highest BCUT2D eigenvalue weighted by atomic mass is 16.3. The number of hydrogen-bond acceptors (Lipinski definition) is 6. The SMILES string of the molecule is CC(=O)c1cnc(N2CCN(CCO)CC2)nc1C. The van der Waals surface area contributed by atoms with Crippen LogP contribution in [0.4, 0.5) is 5.95 Å². The van der Waals surface area contributed by atoms with Gasteiger partial charge >= 0.3 is 0 Å². The van der Waals surface area contributed by atoms with E-state index in [9.17, 15) is 4.79 Å². The van der Waals surface area contributed by atoms with Gasteiger partial charge in [-0.1, -0.05) is 0 Å². The third-order valence-corrected chi connectivity index (χ3v) is 3.42. The van der Waals surface area contributed by atoms with Crippen LogP contribution in [0.3, 0.4) is 0 Å². The molecule has 1 N–H and O–H groups in total. The summed E-state index contributed by atoms with van der Waals surface area (Å²) in [6, 6.07) is 0. The topological polar surface area (TPSA) is 69.6 Å². The van der Waals surface area contributed by atoms with E-state index in [1.54, 1.807) is 6.20 Å². The standard InChI is InChI=1S/C13H20N4O2/c1-10-12(11(2)19)9-14-13(15-10)17-5-3-16(4-6-17)7-8-18/h9,18H,3-8H2,1-2H3. The molecule has 0 bridgehead atoms. The fourth-order valence-corrected chi connectivity index (χ4v) is 2.27. The van der Waals surface area contributed by atoms with Crippen LogP contribution in [0.1, 0.15) is 23.0 Å². The number of carbonyl (C=O) groups is 1. The molecule has 6 nitrogen and oxygen atoms in total. The summed E-state index contributed by atoms with van der Waals surface area (Å²) < 4.78 is 0. The van der Waals surface area contributed by atoms with E-state index in [2.05, 4.69) is 19.8 Å². The minimum absolute atomic E-state index is 0.00295. The second-order valence-corrected chi connectivity index (χ2v) is 4.78. The van der Waals surface area contributed by atoms with E-state index in [0.29, 0.717) is 11.5 Å². The van der Waals surface area contributed by atoms with Crippen LogP contribution in [0, 0.1) is 6.92 Å². The molecule has 0 radical (unpaired) electrons. The predicted molar refractivity (Wildman–Crippen MR) is 72.5 cm³/mol. The van der Waals surface area contributed by atoms with Gasteiger partial charge in [-0.3, -0.25) is 9.69 Å². The molecule has 1 aromatic rings. The second kappa shape index (κ2) is 6.08. The number of ketones is 1. The van der Waals surface area contributed by atoms with Gasteiger partial charge in [-0.25, -0.2) is 9.97 Å². The van der Waals surface area contributed by atoms with E-state index in [1.807, 2.05) is 6.92 Å². The summed E-state index contributed by atoms with van der Waals surface area (Å²) in [6.45, 7) is 7.77. The highest BCUT2D eigenvalue weighted by molar-refractivity contribution is 5.94. The van der Waals surface area contributed by atoms with Gasteiger partial charge < -0.3 is 10.0 Å². The van der Waals surface area contributed by atoms with Crippen LogP contribution in [-0.2, 0) is 0 Å². The maximum atomic E-state index is 11.3. The van der Waals surface area contributed by atoms with E-state index in [4.69, 9.17) is 5.11 Å². The van der Waals surface area contributed by atoms with Crippen LogP contribution in [0.5, 0.6) is 0 Å². The van der Waals surface area contributed by atoms with Crippen molar-refractivity contribution in [3.05, 3.63) is 17.5 Å². The highest BCUT2D eigenvalue weighted by Crippen LogP contribution is 2.13. The number of aliphatic hydroxyl groups excluding tert-OH is 1. The van der Waals surface area contributed by atoms with Crippen molar-refractivity contribution in [2.75, 3.05) is 44.2 Å². The van der Waals surface area contributed by atoms with Crippen molar-refractivity contribution in [1.29, 1.82) is 0 Å². The van der Waals surface area contributed by atoms with Gasteiger partial charge in [0.2, 0.25) is 5.95 Å². The van der Waals surface area contributed by atoms with Gasteiger partial charge in [0.05, 0.1) is 17.9 Å². The lowest BCUT2D eigenvalue weighted by Crippen LogP contribution is -2.47. The van der Waals surface area contributed by atoms with Gasteiger partial charge in [-0.05, 0) is 13.8 Å². The van der Waals surface area contributed by atoms with Crippen molar-refractivity contribution in [1.82, 2.24) is 14.9 Å². The molecule has 0 aliphatic carbocycles. The van der Waals surface area contributed by atoms with Crippen molar-refractivity contribution < 1.29 is 9.90 Å². The molecule has 1 saturated heterocycles. The number of piperazine rings is 1. The number of nitrogens with zero attached hydrogens (tertiary/aromatic N) is 4. The van der Waals surface area contributed by atoms with Gasteiger partial charge in [-0.2, -0.15) is 0 Å². The largest absolute Gasteiger partial charge is 0.395 e. The van der Waals surface area contributed by atoms with Crippen molar-refractivity contribution in [2.45, 2.75) is 13.8 Å². The normalized spacial score (nSPS) is 16.7. The molecule has 0 atom stereocenters. The predicted octanol–water partition coefficient (Wildman–Crippen LogP) is 0.102. The molecule has 1 aliphatic rings. The Bertz CT molecular complexity index is 456. The Hall–Kier alpha value is -1.53. The maximum absolute atomic E-state index is 11.3. The Morgan fingerprint density at radius 3 is 2.58 bits per heavy atom. The molecule has 2 rings (SSSR count). The first-order valence-corrected chi connectivity index (χ1v) is 6.54. The van der Waals surface area contributed by atoms with E-state index < -0.39 is 0 Å². The lowest BCUT2D eigenvalue weighted by Gasteiger charge is -2.34. The monoisotopic (exact) mass is 264 g/mol. The molecule has 1 aliphatic heterocycles. The minimum Gasteiger partial charge on any atom is -0.395 e. The number of Topliss-reactive ketones (excluding diaryl/α,β-unsaturated/α-hetero) is 1. The average Bonchev–Trinajstić information content (AvgIpc) is 2.39. The van der Waals surface area contributed by atoms with Gasteiger partial charge in [0.25, 0.3) is 0 Å². The highest BCUT2D eigenvalue weighted by Gasteiger charge is 2.19. The van der Waals surface area contributed by atoms with E-state index in [-0.39, 0.29) is 12.4 Å². The molecule has 2 heterocycles. The number of aliphatic hydroxyl groups is 1. The van der Waals surface area contributed by atoms with Crippen LogP contribution >= 0.6 is 0 Å². The second-order valence-electron chi connectivity index (χ2n) is 4.78. The summed E-state index contributed by atoms with van der Waals surface area (Å²) in [4.78, 5) is 24.4. The number of rotatable bonds is 4. The smallest absolute Gasteiger partial charge is 0.225 e. The van der Waals surface area contributed by atoms with Gasteiger partial charge in [0.15, 0.2) is 5.78 Å².